The lowest BCUT2D eigenvalue weighted by molar-refractivity contribution is -0.136. The van der Waals surface area contributed by atoms with Gasteiger partial charge in [-0.05, 0) is 25.0 Å². The molecule has 1 aliphatic heterocycles. The maximum Gasteiger partial charge on any atom is 0.327 e. The minimum atomic E-state index is -0.758. The van der Waals surface area contributed by atoms with Gasteiger partial charge >= 0.3 is 6.03 Å². The number of nitrogens with zero attached hydrogens (tertiary/aromatic N) is 2. The van der Waals surface area contributed by atoms with Gasteiger partial charge in [-0.3, -0.25) is 14.5 Å². The van der Waals surface area contributed by atoms with Crippen molar-refractivity contribution in [2.75, 3.05) is 26.0 Å². The molecule has 1 heterocycles. The molecule has 7 nitrogen and oxygen atoms in total. The Balaban J connectivity index is 1.70. The molecular weight excluding hydrogens is 322 g/mol. The molecule has 2 fully saturated rings. The van der Waals surface area contributed by atoms with E-state index < -0.39 is 17.5 Å². The second kappa shape index (κ2) is 6.74. The molecule has 7 heteroatoms. The minimum Gasteiger partial charge on any atom is -0.497 e. The number of hydrogen-bond donors (Lipinski definition) is 1. The predicted octanol–water partition coefficient (Wildman–Crippen LogP) is 2.23. The highest BCUT2D eigenvalue weighted by atomic mass is 16.5. The number of anilines is 1. The number of ether oxygens (including phenoxy) is 1. The van der Waals surface area contributed by atoms with Crippen molar-refractivity contribution in [2.24, 2.45) is 0 Å². The summed E-state index contributed by atoms with van der Waals surface area (Å²) in [6, 6.07) is 6.53. The molecule has 1 N–H and O–H groups in total. The van der Waals surface area contributed by atoms with E-state index in [9.17, 15) is 14.4 Å². The van der Waals surface area contributed by atoms with Gasteiger partial charge in [0.25, 0.3) is 5.91 Å². The van der Waals surface area contributed by atoms with Gasteiger partial charge in [0, 0.05) is 18.8 Å². The van der Waals surface area contributed by atoms with Crippen molar-refractivity contribution in [2.45, 2.75) is 37.6 Å². The Labute approximate surface area is 146 Å². The van der Waals surface area contributed by atoms with Crippen LogP contribution in [0.5, 0.6) is 5.75 Å². The predicted molar refractivity (Wildman–Crippen MR) is 92.3 cm³/mol. The van der Waals surface area contributed by atoms with Gasteiger partial charge in [-0.2, -0.15) is 0 Å². The number of likely N-dealkylation sites (N-methyl/N-ethyl adjacent to an activating group) is 1. The fourth-order valence-corrected chi connectivity index (χ4v) is 3.72. The average Bonchev–Trinajstić information content (AvgIpc) is 2.79. The normalized spacial score (nSPS) is 19.4. The minimum absolute atomic E-state index is 0.250. The van der Waals surface area contributed by atoms with Gasteiger partial charge in [0.2, 0.25) is 5.91 Å². The SMILES string of the molecule is COc1cccc(NC(=O)CN2C(=O)N(C)C3(CCCCC3)C2=O)c1. The van der Waals surface area contributed by atoms with Crippen molar-refractivity contribution in [1.82, 2.24) is 9.80 Å². The quantitative estimate of drug-likeness (QED) is 0.849. The van der Waals surface area contributed by atoms with E-state index in [4.69, 9.17) is 4.74 Å². The van der Waals surface area contributed by atoms with Gasteiger partial charge in [0.15, 0.2) is 0 Å². The van der Waals surface area contributed by atoms with E-state index in [-0.39, 0.29) is 12.5 Å². The largest absolute Gasteiger partial charge is 0.497 e. The number of urea groups is 1. The van der Waals surface area contributed by atoms with Gasteiger partial charge < -0.3 is 15.0 Å². The molecule has 1 spiro atoms. The summed E-state index contributed by atoms with van der Waals surface area (Å²) >= 11 is 0. The van der Waals surface area contributed by atoms with E-state index >= 15 is 0 Å². The van der Waals surface area contributed by atoms with Crippen LogP contribution in [0.4, 0.5) is 10.5 Å². The fraction of sp³-hybridized carbons (Fsp3) is 0.500. The van der Waals surface area contributed by atoms with Crippen molar-refractivity contribution in [1.29, 1.82) is 0 Å². The Morgan fingerprint density at radius 2 is 1.96 bits per heavy atom. The van der Waals surface area contributed by atoms with E-state index in [0.717, 1.165) is 24.2 Å². The van der Waals surface area contributed by atoms with Crippen molar-refractivity contribution in [3.63, 3.8) is 0 Å². The molecule has 1 aliphatic carbocycles. The molecule has 134 valence electrons. The maximum absolute atomic E-state index is 12.9. The van der Waals surface area contributed by atoms with Crippen LogP contribution in [0.2, 0.25) is 0 Å². The molecule has 3 rings (SSSR count). The monoisotopic (exact) mass is 345 g/mol. The van der Waals surface area contributed by atoms with Crippen molar-refractivity contribution < 1.29 is 19.1 Å². The summed E-state index contributed by atoms with van der Waals surface area (Å²) in [7, 11) is 3.20. The lowest BCUT2D eigenvalue weighted by Crippen LogP contribution is -2.49. The topological polar surface area (TPSA) is 79.0 Å². The molecule has 0 atom stereocenters. The van der Waals surface area contributed by atoms with E-state index in [0.29, 0.717) is 24.3 Å². The Morgan fingerprint density at radius 1 is 1.24 bits per heavy atom. The Bertz CT molecular complexity index is 697. The first-order valence-corrected chi connectivity index (χ1v) is 8.51. The third-order valence-corrected chi connectivity index (χ3v) is 5.14. The maximum atomic E-state index is 12.9. The van der Waals surface area contributed by atoms with Gasteiger partial charge in [-0.15, -0.1) is 0 Å². The van der Waals surface area contributed by atoms with Crippen LogP contribution < -0.4 is 10.1 Å². The third-order valence-electron chi connectivity index (χ3n) is 5.14. The summed E-state index contributed by atoms with van der Waals surface area (Å²) < 4.78 is 5.12. The first-order chi connectivity index (χ1) is 12.0. The van der Waals surface area contributed by atoms with Crippen LogP contribution in [0.1, 0.15) is 32.1 Å². The van der Waals surface area contributed by atoms with Crippen LogP contribution in [-0.2, 0) is 9.59 Å². The summed E-state index contributed by atoms with van der Waals surface area (Å²) in [6.45, 7) is -0.277. The van der Waals surface area contributed by atoms with E-state index in [1.807, 2.05) is 0 Å². The van der Waals surface area contributed by atoms with E-state index in [1.54, 1.807) is 38.4 Å². The van der Waals surface area contributed by atoms with Gasteiger partial charge in [-0.25, -0.2) is 4.79 Å². The number of methoxy groups -OCH3 is 1. The number of carbonyl (C=O) groups excluding carboxylic acids is 3. The lowest BCUT2D eigenvalue weighted by Gasteiger charge is -2.35. The zero-order valence-electron chi connectivity index (χ0n) is 14.6. The Kier molecular flexibility index (Phi) is 4.65. The molecule has 4 amide bonds. The number of amides is 4. The highest BCUT2D eigenvalue weighted by molar-refractivity contribution is 6.10. The molecule has 2 aliphatic rings. The number of nitrogens with one attached hydrogen (secondary N) is 1. The van der Waals surface area contributed by atoms with E-state index in [1.165, 1.54) is 4.90 Å². The van der Waals surface area contributed by atoms with Gasteiger partial charge in [-0.1, -0.05) is 25.3 Å². The Morgan fingerprint density at radius 3 is 2.64 bits per heavy atom. The summed E-state index contributed by atoms with van der Waals surface area (Å²) in [5, 5.41) is 2.71. The first-order valence-electron chi connectivity index (χ1n) is 8.51. The summed E-state index contributed by atoms with van der Waals surface area (Å²) in [4.78, 5) is 40.3. The lowest BCUT2D eigenvalue weighted by atomic mass is 9.81. The summed E-state index contributed by atoms with van der Waals surface area (Å²) in [5.41, 5.74) is -0.199. The summed E-state index contributed by atoms with van der Waals surface area (Å²) in [5.74, 6) is -0.0382. The Hall–Kier alpha value is -2.57. The number of carbonyl (C=O) groups is 3. The molecule has 0 aromatic heterocycles. The third kappa shape index (κ3) is 3.06. The van der Waals surface area contributed by atoms with Crippen molar-refractivity contribution >= 4 is 23.5 Å². The van der Waals surface area contributed by atoms with Crippen LogP contribution in [0.3, 0.4) is 0 Å². The fourth-order valence-electron chi connectivity index (χ4n) is 3.72. The zero-order chi connectivity index (χ0) is 18.0. The second-order valence-corrected chi connectivity index (χ2v) is 6.61. The van der Waals surface area contributed by atoms with E-state index in [2.05, 4.69) is 5.32 Å². The zero-order valence-corrected chi connectivity index (χ0v) is 14.6. The summed E-state index contributed by atoms with van der Waals surface area (Å²) in [6.07, 6.45) is 4.26. The average molecular weight is 345 g/mol. The first kappa shape index (κ1) is 17.3. The standard InChI is InChI=1S/C18H23N3O4/c1-20-17(24)21(16(23)18(20)9-4-3-5-10-18)12-15(22)19-13-7-6-8-14(11-13)25-2/h6-8,11H,3-5,9-10,12H2,1-2H3,(H,19,22). The van der Waals surface area contributed by atoms with Crippen LogP contribution in [0, 0.1) is 0 Å². The highest BCUT2D eigenvalue weighted by Crippen LogP contribution is 2.39. The number of benzene rings is 1. The number of rotatable bonds is 4. The molecule has 1 saturated heterocycles. The van der Waals surface area contributed by atoms with Crippen molar-refractivity contribution in [3.05, 3.63) is 24.3 Å². The molecule has 0 radical (unpaired) electrons. The van der Waals surface area contributed by atoms with Crippen LogP contribution in [0.15, 0.2) is 24.3 Å². The van der Waals surface area contributed by atoms with Crippen LogP contribution >= 0.6 is 0 Å². The molecule has 1 saturated carbocycles. The van der Waals surface area contributed by atoms with Crippen LogP contribution in [0.25, 0.3) is 0 Å². The molecule has 1 aromatic rings. The molecular formula is C18H23N3O4. The molecule has 0 bridgehead atoms. The number of hydrogen-bond acceptors (Lipinski definition) is 4. The van der Waals surface area contributed by atoms with Crippen LogP contribution in [-0.4, -0.2) is 53.9 Å². The molecule has 0 unspecified atom stereocenters. The van der Waals surface area contributed by atoms with Crippen molar-refractivity contribution in [3.8, 4) is 5.75 Å². The smallest absolute Gasteiger partial charge is 0.327 e. The van der Waals surface area contributed by atoms with Gasteiger partial charge in [0.05, 0.1) is 7.11 Å². The molecule has 1 aromatic carbocycles. The number of imide groups is 1. The second-order valence-electron chi connectivity index (χ2n) is 6.61. The highest BCUT2D eigenvalue weighted by Gasteiger charge is 2.55. The molecule has 25 heavy (non-hydrogen) atoms. The van der Waals surface area contributed by atoms with Gasteiger partial charge in [0.1, 0.15) is 17.8 Å².